The molecule has 0 aromatic heterocycles. The average molecular weight is 359 g/mol. The maximum absolute atomic E-state index is 12.4. The number of nitrogens with one attached hydrogen (secondary N) is 1. The zero-order valence-corrected chi connectivity index (χ0v) is 15.3. The first-order valence-electron chi connectivity index (χ1n) is 8.77. The summed E-state index contributed by atoms with van der Waals surface area (Å²) in [5.74, 6) is 0.323. The van der Waals surface area contributed by atoms with Gasteiger partial charge in [-0.2, -0.15) is 0 Å². The quantitative estimate of drug-likeness (QED) is 0.637. The lowest BCUT2D eigenvalue weighted by molar-refractivity contribution is 0.0818. The van der Waals surface area contributed by atoms with E-state index in [0.29, 0.717) is 22.6 Å². The standard InChI is InChI=1S/C23H21NO3/c1-16-8-10-18(11-9-16)22(25)17(2)27-21-14-12-20(13-15-21)24-23(26)19-6-4-3-5-7-19/h3-15,17H,1-2H3,(H,24,26). The van der Waals surface area contributed by atoms with Gasteiger partial charge in [-0.1, -0.05) is 48.0 Å². The first-order valence-corrected chi connectivity index (χ1v) is 8.77. The third-order valence-corrected chi connectivity index (χ3v) is 4.17. The predicted molar refractivity (Wildman–Crippen MR) is 106 cm³/mol. The molecule has 1 amide bonds. The Morgan fingerprint density at radius 2 is 1.44 bits per heavy atom. The number of benzene rings is 3. The molecule has 1 atom stereocenters. The average Bonchev–Trinajstić information content (AvgIpc) is 2.70. The van der Waals surface area contributed by atoms with Crippen LogP contribution in [0.25, 0.3) is 0 Å². The molecule has 3 rings (SSSR count). The minimum absolute atomic E-state index is 0.0727. The monoisotopic (exact) mass is 359 g/mol. The summed E-state index contributed by atoms with van der Waals surface area (Å²) < 4.78 is 5.74. The number of carbonyl (C=O) groups is 2. The number of rotatable bonds is 6. The van der Waals surface area contributed by atoms with Crippen molar-refractivity contribution in [3.63, 3.8) is 0 Å². The maximum atomic E-state index is 12.4. The number of Topliss-reactive ketones (excluding diaryl/α,β-unsaturated/α-hetero) is 1. The molecule has 0 fully saturated rings. The number of ketones is 1. The fourth-order valence-corrected chi connectivity index (χ4v) is 2.62. The highest BCUT2D eigenvalue weighted by Gasteiger charge is 2.16. The largest absolute Gasteiger partial charge is 0.483 e. The van der Waals surface area contributed by atoms with Crippen molar-refractivity contribution in [2.45, 2.75) is 20.0 Å². The Morgan fingerprint density at radius 1 is 0.815 bits per heavy atom. The van der Waals surface area contributed by atoms with Gasteiger partial charge in [0.15, 0.2) is 6.10 Å². The minimum Gasteiger partial charge on any atom is -0.483 e. The van der Waals surface area contributed by atoms with Crippen LogP contribution in [-0.4, -0.2) is 17.8 Å². The molecule has 0 spiro atoms. The lowest BCUT2D eigenvalue weighted by Gasteiger charge is -2.14. The zero-order valence-electron chi connectivity index (χ0n) is 15.3. The molecule has 136 valence electrons. The van der Waals surface area contributed by atoms with Crippen LogP contribution in [0.3, 0.4) is 0 Å². The van der Waals surface area contributed by atoms with Crippen molar-refractivity contribution in [3.05, 3.63) is 95.6 Å². The van der Waals surface area contributed by atoms with Crippen LogP contribution >= 0.6 is 0 Å². The third-order valence-electron chi connectivity index (χ3n) is 4.17. The van der Waals surface area contributed by atoms with Gasteiger partial charge in [0, 0.05) is 16.8 Å². The topological polar surface area (TPSA) is 55.4 Å². The van der Waals surface area contributed by atoms with Gasteiger partial charge in [-0.25, -0.2) is 0 Å². The number of amides is 1. The van der Waals surface area contributed by atoms with Gasteiger partial charge in [0.05, 0.1) is 0 Å². The van der Waals surface area contributed by atoms with Gasteiger partial charge in [-0.15, -0.1) is 0 Å². The predicted octanol–water partition coefficient (Wildman–Crippen LogP) is 4.90. The van der Waals surface area contributed by atoms with Crippen molar-refractivity contribution in [1.82, 2.24) is 0 Å². The summed E-state index contributed by atoms with van der Waals surface area (Å²) in [6.07, 6.45) is -0.600. The van der Waals surface area contributed by atoms with Crippen LogP contribution in [0.15, 0.2) is 78.9 Å². The van der Waals surface area contributed by atoms with E-state index in [9.17, 15) is 9.59 Å². The van der Waals surface area contributed by atoms with E-state index < -0.39 is 6.10 Å². The summed E-state index contributed by atoms with van der Waals surface area (Å²) in [5, 5.41) is 2.83. The van der Waals surface area contributed by atoms with Crippen molar-refractivity contribution in [2.75, 3.05) is 5.32 Å². The van der Waals surface area contributed by atoms with Gasteiger partial charge in [-0.05, 0) is 50.2 Å². The Hall–Kier alpha value is -3.40. The molecule has 0 aliphatic heterocycles. The summed E-state index contributed by atoms with van der Waals surface area (Å²) >= 11 is 0. The number of ether oxygens (including phenoxy) is 1. The highest BCUT2D eigenvalue weighted by molar-refractivity contribution is 6.04. The van der Waals surface area contributed by atoms with Crippen LogP contribution in [0.5, 0.6) is 5.75 Å². The SMILES string of the molecule is Cc1ccc(C(=O)C(C)Oc2ccc(NC(=O)c3ccccc3)cc2)cc1. The molecular formula is C23H21NO3. The molecule has 4 nitrogen and oxygen atoms in total. The van der Waals surface area contributed by atoms with E-state index in [0.717, 1.165) is 5.56 Å². The van der Waals surface area contributed by atoms with Crippen molar-refractivity contribution in [1.29, 1.82) is 0 Å². The van der Waals surface area contributed by atoms with Gasteiger partial charge in [0.1, 0.15) is 5.75 Å². The molecule has 0 aliphatic rings. The molecule has 1 N–H and O–H groups in total. The Balaban J connectivity index is 1.61. The van der Waals surface area contributed by atoms with Gasteiger partial charge in [-0.3, -0.25) is 9.59 Å². The van der Waals surface area contributed by atoms with Crippen molar-refractivity contribution in [3.8, 4) is 5.75 Å². The van der Waals surface area contributed by atoms with E-state index in [4.69, 9.17) is 4.74 Å². The van der Waals surface area contributed by atoms with Gasteiger partial charge in [0.2, 0.25) is 5.78 Å². The molecule has 4 heteroatoms. The Kier molecular flexibility index (Phi) is 5.67. The highest BCUT2D eigenvalue weighted by Crippen LogP contribution is 2.19. The number of hydrogen-bond donors (Lipinski definition) is 1. The maximum Gasteiger partial charge on any atom is 0.255 e. The van der Waals surface area contributed by atoms with Crippen molar-refractivity contribution < 1.29 is 14.3 Å². The fourth-order valence-electron chi connectivity index (χ4n) is 2.62. The van der Waals surface area contributed by atoms with Crippen LogP contribution in [0.1, 0.15) is 33.2 Å². The van der Waals surface area contributed by atoms with E-state index in [1.54, 1.807) is 55.5 Å². The van der Waals surface area contributed by atoms with Gasteiger partial charge in [0.25, 0.3) is 5.91 Å². The number of hydrogen-bond acceptors (Lipinski definition) is 3. The second kappa shape index (κ2) is 8.32. The number of carbonyl (C=O) groups excluding carboxylic acids is 2. The van der Waals surface area contributed by atoms with Crippen LogP contribution in [0.4, 0.5) is 5.69 Å². The van der Waals surface area contributed by atoms with E-state index in [-0.39, 0.29) is 11.7 Å². The Bertz CT molecular complexity index is 916. The second-order valence-electron chi connectivity index (χ2n) is 6.33. The molecule has 0 aliphatic carbocycles. The first kappa shape index (κ1) is 18.4. The Labute approximate surface area is 158 Å². The summed E-state index contributed by atoms with van der Waals surface area (Å²) in [4.78, 5) is 24.6. The second-order valence-corrected chi connectivity index (χ2v) is 6.33. The minimum atomic E-state index is -0.600. The molecule has 0 bridgehead atoms. The van der Waals surface area contributed by atoms with Crippen LogP contribution in [0, 0.1) is 6.92 Å². The third kappa shape index (κ3) is 4.82. The van der Waals surface area contributed by atoms with Crippen molar-refractivity contribution >= 4 is 17.4 Å². The molecular weight excluding hydrogens is 338 g/mol. The highest BCUT2D eigenvalue weighted by atomic mass is 16.5. The normalized spacial score (nSPS) is 11.5. The summed E-state index contributed by atoms with van der Waals surface area (Å²) in [6, 6.07) is 23.4. The first-order chi connectivity index (χ1) is 13.0. The summed E-state index contributed by atoms with van der Waals surface area (Å²) in [7, 11) is 0. The van der Waals surface area contributed by atoms with Gasteiger partial charge < -0.3 is 10.1 Å². The summed E-state index contributed by atoms with van der Waals surface area (Å²) in [6.45, 7) is 3.71. The van der Waals surface area contributed by atoms with E-state index in [1.807, 2.05) is 37.3 Å². The van der Waals surface area contributed by atoms with Crippen LogP contribution < -0.4 is 10.1 Å². The molecule has 1 unspecified atom stereocenters. The lowest BCUT2D eigenvalue weighted by Crippen LogP contribution is -2.23. The van der Waals surface area contributed by atoms with E-state index in [1.165, 1.54) is 0 Å². The fraction of sp³-hybridized carbons (Fsp3) is 0.130. The van der Waals surface area contributed by atoms with E-state index >= 15 is 0 Å². The number of anilines is 1. The molecule has 3 aromatic rings. The molecule has 0 heterocycles. The van der Waals surface area contributed by atoms with Crippen LogP contribution in [0.2, 0.25) is 0 Å². The molecule has 0 saturated carbocycles. The summed E-state index contributed by atoms with van der Waals surface area (Å²) in [5.41, 5.74) is 2.98. The zero-order chi connectivity index (χ0) is 19.2. The lowest BCUT2D eigenvalue weighted by atomic mass is 10.1. The Morgan fingerprint density at radius 3 is 2.07 bits per heavy atom. The molecule has 0 radical (unpaired) electrons. The smallest absolute Gasteiger partial charge is 0.255 e. The van der Waals surface area contributed by atoms with Gasteiger partial charge >= 0.3 is 0 Å². The van der Waals surface area contributed by atoms with Crippen LogP contribution in [-0.2, 0) is 0 Å². The van der Waals surface area contributed by atoms with Crippen molar-refractivity contribution in [2.24, 2.45) is 0 Å². The van der Waals surface area contributed by atoms with E-state index in [2.05, 4.69) is 5.32 Å². The molecule has 27 heavy (non-hydrogen) atoms. The molecule has 3 aromatic carbocycles. The number of aryl methyl sites for hydroxylation is 1. The molecule has 0 saturated heterocycles.